The van der Waals surface area contributed by atoms with Crippen LogP contribution >= 0.6 is 12.2 Å². The lowest BCUT2D eigenvalue weighted by molar-refractivity contribution is 0.0350. The maximum Gasteiger partial charge on any atom is 0.170 e. The molecule has 0 amide bonds. The minimum Gasteiger partial charge on any atom is -0.379 e. The van der Waals surface area contributed by atoms with E-state index < -0.39 is 0 Å². The highest BCUT2D eigenvalue weighted by atomic mass is 32.1. The summed E-state index contributed by atoms with van der Waals surface area (Å²) in [5.41, 5.74) is 7.35. The van der Waals surface area contributed by atoms with Crippen molar-refractivity contribution in [3.63, 3.8) is 0 Å². The molecule has 4 heterocycles. The van der Waals surface area contributed by atoms with E-state index in [4.69, 9.17) is 21.9 Å². The molecule has 1 N–H and O–H groups in total. The highest BCUT2D eigenvalue weighted by Crippen LogP contribution is 2.41. The minimum absolute atomic E-state index is 0.00445. The van der Waals surface area contributed by atoms with Gasteiger partial charge in [0, 0.05) is 49.5 Å². The van der Waals surface area contributed by atoms with E-state index in [-0.39, 0.29) is 12.1 Å². The monoisotopic (exact) mass is 489 g/mol. The first-order valence-corrected chi connectivity index (χ1v) is 13.0. The largest absolute Gasteiger partial charge is 0.379 e. The van der Waals surface area contributed by atoms with Crippen LogP contribution in [0.3, 0.4) is 0 Å². The average molecular weight is 490 g/mol. The Morgan fingerprint density at radius 1 is 1.06 bits per heavy atom. The number of thiocarbonyl (C=S) groups is 1. The van der Waals surface area contributed by atoms with Crippen LogP contribution in [-0.4, -0.2) is 63.9 Å². The Hall–Kier alpha value is -2.74. The molecular formula is C28H35N5OS. The van der Waals surface area contributed by atoms with Crippen LogP contribution in [0, 0.1) is 13.8 Å². The number of nitrogens with zero attached hydrogens (tertiary/aromatic N) is 4. The molecule has 5 rings (SSSR count). The molecule has 6 nitrogen and oxygen atoms in total. The molecule has 3 aromatic rings. The van der Waals surface area contributed by atoms with Crippen LogP contribution in [0.4, 0.5) is 0 Å². The van der Waals surface area contributed by atoms with Crippen LogP contribution in [0.5, 0.6) is 0 Å². The second kappa shape index (κ2) is 10.5. The number of morpholine rings is 1. The van der Waals surface area contributed by atoms with E-state index in [1.54, 1.807) is 0 Å². The summed E-state index contributed by atoms with van der Waals surface area (Å²) < 4.78 is 7.91. The van der Waals surface area contributed by atoms with E-state index in [0.717, 1.165) is 56.6 Å². The number of aromatic nitrogens is 2. The zero-order valence-electron chi connectivity index (χ0n) is 20.9. The quantitative estimate of drug-likeness (QED) is 0.498. The molecule has 184 valence electrons. The van der Waals surface area contributed by atoms with Gasteiger partial charge in [-0.25, -0.2) is 0 Å². The smallest absolute Gasteiger partial charge is 0.170 e. The van der Waals surface area contributed by atoms with Crippen LogP contribution < -0.4 is 5.32 Å². The van der Waals surface area contributed by atoms with Gasteiger partial charge in [-0.15, -0.1) is 0 Å². The van der Waals surface area contributed by atoms with E-state index >= 15 is 0 Å². The number of aryl methyl sites for hydroxylation is 2. The van der Waals surface area contributed by atoms with Crippen LogP contribution in [0.15, 0.2) is 54.7 Å². The summed E-state index contributed by atoms with van der Waals surface area (Å²) in [6, 6.07) is 17.4. The summed E-state index contributed by atoms with van der Waals surface area (Å²) in [6.45, 7) is 12.0. The third-order valence-electron chi connectivity index (χ3n) is 7.35. The predicted molar refractivity (Wildman–Crippen MR) is 144 cm³/mol. The van der Waals surface area contributed by atoms with Crippen LogP contribution in [-0.2, 0) is 11.2 Å². The van der Waals surface area contributed by atoms with Crippen molar-refractivity contribution in [2.24, 2.45) is 0 Å². The van der Waals surface area contributed by atoms with Crippen LogP contribution in [0.2, 0.25) is 0 Å². The highest BCUT2D eigenvalue weighted by molar-refractivity contribution is 7.80. The summed E-state index contributed by atoms with van der Waals surface area (Å²) in [4.78, 5) is 9.55. The fourth-order valence-electron chi connectivity index (χ4n) is 5.42. The lowest BCUT2D eigenvalue weighted by Crippen LogP contribution is -2.42. The van der Waals surface area contributed by atoms with Crippen molar-refractivity contribution in [3.05, 3.63) is 82.9 Å². The molecule has 2 unspecified atom stereocenters. The van der Waals surface area contributed by atoms with E-state index in [1.165, 1.54) is 28.2 Å². The SMILES string of the molecule is CCc1ccc(-n2c(C)cc(C3C(c4ccccn4)NC(=S)N3CCN3CCOCC3)c2C)cc1. The fraction of sp³-hybridized carbons (Fsp3) is 0.429. The van der Waals surface area contributed by atoms with Crippen molar-refractivity contribution in [3.8, 4) is 5.69 Å². The molecule has 0 bridgehead atoms. The molecule has 2 fully saturated rings. The molecule has 35 heavy (non-hydrogen) atoms. The van der Waals surface area contributed by atoms with Gasteiger partial charge >= 0.3 is 0 Å². The number of hydrogen-bond donors (Lipinski definition) is 1. The number of ether oxygens (including phenoxy) is 1. The van der Waals surface area contributed by atoms with Gasteiger partial charge in [-0.3, -0.25) is 9.88 Å². The van der Waals surface area contributed by atoms with Gasteiger partial charge in [0.1, 0.15) is 0 Å². The van der Waals surface area contributed by atoms with Crippen molar-refractivity contribution in [2.45, 2.75) is 39.3 Å². The Morgan fingerprint density at radius 3 is 2.51 bits per heavy atom. The zero-order chi connectivity index (χ0) is 24.4. The number of rotatable bonds is 7. The van der Waals surface area contributed by atoms with E-state index in [0.29, 0.717) is 0 Å². The molecule has 0 radical (unpaired) electrons. The maximum atomic E-state index is 5.90. The number of benzene rings is 1. The van der Waals surface area contributed by atoms with E-state index in [1.807, 2.05) is 12.3 Å². The van der Waals surface area contributed by atoms with Gasteiger partial charge in [-0.2, -0.15) is 0 Å². The topological polar surface area (TPSA) is 45.6 Å². The normalized spacial score (nSPS) is 20.9. The molecule has 2 aliphatic rings. The Kier molecular flexibility index (Phi) is 7.18. The van der Waals surface area contributed by atoms with Gasteiger partial charge in [-0.1, -0.05) is 25.1 Å². The lowest BCUT2D eigenvalue weighted by Gasteiger charge is -2.32. The summed E-state index contributed by atoms with van der Waals surface area (Å²) in [6.07, 6.45) is 2.91. The van der Waals surface area contributed by atoms with Crippen molar-refractivity contribution in [1.82, 2.24) is 24.7 Å². The van der Waals surface area contributed by atoms with Gasteiger partial charge < -0.3 is 19.5 Å². The molecule has 2 aromatic heterocycles. The fourth-order valence-corrected chi connectivity index (χ4v) is 5.76. The van der Waals surface area contributed by atoms with Crippen LogP contribution in [0.1, 0.15) is 47.2 Å². The van der Waals surface area contributed by atoms with Gasteiger partial charge in [0.15, 0.2) is 5.11 Å². The number of hydrogen-bond acceptors (Lipinski definition) is 4. The third-order valence-corrected chi connectivity index (χ3v) is 7.70. The van der Waals surface area contributed by atoms with E-state index in [2.05, 4.69) is 82.9 Å². The first-order chi connectivity index (χ1) is 17.1. The Morgan fingerprint density at radius 2 is 1.83 bits per heavy atom. The predicted octanol–water partition coefficient (Wildman–Crippen LogP) is 4.36. The lowest BCUT2D eigenvalue weighted by atomic mass is 9.96. The maximum absolute atomic E-state index is 5.90. The van der Waals surface area contributed by atoms with Crippen molar-refractivity contribution < 1.29 is 4.74 Å². The molecule has 0 saturated carbocycles. The van der Waals surface area contributed by atoms with Gasteiger partial charge in [0.25, 0.3) is 0 Å². The molecule has 7 heteroatoms. The van der Waals surface area contributed by atoms with Crippen LogP contribution in [0.25, 0.3) is 5.69 Å². The molecule has 0 aliphatic carbocycles. The molecule has 0 spiro atoms. The number of pyridine rings is 1. The molecule has 2 atom stereocenters. The second-order valence-electron chi connectivity index (χ2n) is 9.46. The standard InChI is InChI=1S/C28H35N5OS/c1-4-22-8-10-23(11-9-22)33-20(2)19-24(21(33)3)27-26(25-7-5-6-12-29-25)30-28(35)32(27)14-13-31-15-17-34-18-16-31/h5-12,19,26-27H,4,13-18H2,1-3H3,(H,30,35). The highest BCUT2D eigenvalue weighted by Gasteiger charge is 2.41. The zero-order valence-corrected chi connectivity index (χ0v) is 21.7. The average Bonchev–Trinajstić information content (AvgIpc) is 3.38. The summed E-state index contributed by atoms with van der Waals surface area (Å²) in [5, 5.41) is 4.41. The van der Waals surface area contributed by atoms with Gasteiger partial charge in [-0.05, 0) is 73.9 Å². The Bertz CT molecular complexity index is 1150. The molecule has 2 saturated heterocycles. The third kappa shape index (κ3) is 4.85. The van der Waals surface area contributed by atoms with E-state index in [9.17, 15) is 0 Å². The van der Waals surface area contributed by atoms with Crippen molar-refractivity contribution in [2.75, 3.05) is 39.4 Å². The van der Waals surface area contributed by atoms with Crippen molar-refractivity contribution in [1.29, 1.82) is 0 Å². The second-order valence-corrected chi connectivity index (χ2v) is 9.84. The first-order valence-electron chi connectivity index (χ1n) is 12.6. The molecule has 1 aromatic carbocycles. The van der Waals surface area contributed by atoms with Gasteiger partial charge in [0.05, 0.1) is 31.0 Å². The van der Waals surface area contributed by atoms with Crippen molar-refractivity contribution >= 4 is 17.3 Å². The van der Waals surface area contributed by atoms with Gasteiger partial charge in [0.2, 0.25) is 0 Å². The molecule has 2 aliphatic heterocycles. The minimum atomic E-state index is 0.00445. The Balaban J connectivity index is 1.51. The summed E-state index contributed by atoms with van der Waals surface area (Å²) >= 11 is 5.90. The summed E-state index contributed by atoms with van der Waals surface area (Å²) in [7, 11) is 0. The molecular weight excluding hydrogens is 454 g/mol. The Labute approximate surface area is 213 Å². The first kappa shape index (κ1) is 24.0. The summed E-state index contributed by atoms with van der Waals surface area (Å²) in [5.74, 6) is 0. The number of nitrogens with one attached hydrogen (secondary N) is 1.